The van der Waals surface area contributed by atoms with Gasteiger partial charge in [0, 0.05) is 18.6 Å². The second-order valence-electron chi connectivity index (χ2n) is 8.88. The van der Waals surface area contributed by atoms with Crippen molar-refractivity contribution in [2.24, 2.45) is 28.7 Å². The van der Waals surface area contributed by atoms with Gasteiger partial charge in [-0.15, -0.1) is 0 Å². The average Bonchev–Trinajstić information content (AvgIpc) is 2.79. The van der Waals surface area contributed by atoms with Crippen LogP contribution in [0.3, 0.4) is 0 Å². The molecule has 2 heterocycles. The van der Waals surface area contributed by atoms with E-state index in [2.05, 4.69) is 0 Å². The lowest BCUT2D eigenvalue weighted by molar-refractivity contribution is -0.318. The summed E-state index contributed by atoms with van der Waals surface area (Å²) >= 11 is 0. The van der Waals surface area contributed by atoms with Crippen LogP contribution in [0.15, 0.2) is 0 Å². The van der Waals surface area contributed by atoms with Crippen molar-refractivity contribution in [3.8, 4) is 0 Å². The van der Waals surface area contributed by atoms with E-state index < -0.39 is 98.3 Å². The first-order valence-electron chi connectivity index (χ1n) is 10.9. The van der Waals surface area contributed by atoms with Crippen LogP contribution in [0.4, 0.5) is 0 Å². The number of aliphatic hydroxyl groups excluding tert-OH is 6. The lowest BCUT2D eigenvalue weighted by Crippen LogP contribution is -2.69. The van der Waals surface area contributed by atoms with Gasteiger partial charge < -0.3 is 78.3 Å². The Kier molecular flexibility index (Phi) is 8.99. The molecule has 16 N–H and O–H groups in total. The Hall–Kier alpha value is -0.600. The molecule has 15 nitrogen and oxygen atoms in total. The van der Waals surface area contributed by atoms with Crippen molar-refractivity contribution in [3.05, 3.63) is 0 Å². The highest BCUT2D eigenvalue weighted by Crippen LogP contribution is 2.30. The molecule has 0 amide bonds. The normalized spacial score (nSPS) is 53.7. The van der Waals surface area contributed by atoms with E-state index >= 15 is 0 Å². The summed E-state index contributed by atoms with van der Waals surface area (Å²) < 4.78 is 22.5. The molecule has 0 spiro atoms. The smallest absolute Gasteiger partial charge is 0.186 e. The molecule has 0 aromatic rings. The molecule has 0 aromatic carbocycles. The van der Waals surface area contributed by atoms with Crippen LogP contribution in [0.2, 0.25) is 0 Å². The van der Waals surface area contributed by atoms with Gasteiger partial charge in [0.1, 0.15) is 54.9 Å². The molecule has 194 valence electrons. The van der Waals surface area contributed by atoms with Gasteiger partial charge in [-0.1, -0.05) is 0 Å². The Bertz CT molecular complexity index is 585. The predicted octanol–water partition coefficient (Wildman–Crippen LogP) is -7.33. The first-order valence-corrected chi connectivity index (χ1v) is 10.9. The zero-order valence-electron chi connectivity index (χ0n) is 18.0. The molecule has 2 aliphatic heterocycles. The minimum absolute atomic E-state index is 0.115. The SMILES string of the molecule is NC[C@H]1O[C@H](O[C@@H]2[C@@H](O)[C@H](O[C@H]3O[C@H](CO)[C@@H](O)[C@H](N)[C@H]3O)[C@@H](N)C[C@H]2N)[C@H](N)[C@@H](O)[C@@H]1O. The van der Waals surface area contributed by atoms with E-state index in [1.807, 2.05) is 0 Å². The third kappa shape index (κ3) is 5.32. The van der Waals surface area contributed by atoms with E-state index in [1.54, 1.807) is 0 Å². The van der Waals surface area contributed by atoms with Gasteiger partial charge >= 0.3 is 0 Å². The number of nitrogens with two attached hydrogens (primary N) is 5. The number of hydrogen-bond acceptors (Lipinski definition) is 15. The fourth-order valence-electron chi connectivity index (χ4n) is 4.45. The molecular weight excluding hydrogens is 446 g/mol. The largest absolute Gasteiger partial charge is 0.394 e. The minimum atomic E-state index is -1.48. The predicted molar refractivity (Wildman–Crippen MR) is 110 cm³/mol. The Morgan fingerprint density at radius 2 is 1.21 bits per heavy atom. The molecule has 3 rings (SSSR count). The zero-order chi connectivity index (χ0) is 24.6. The number of aliphatic hydroxyl groups is 6. The lowest BCUT2D eigenvalue weighted by atomic mass is 9.84. The molecule has 0 bridgehead atoms. The number of hydrogen-bond donors (Lipinski definition) is 11. The quantitative estimate of drug-likeness (QED) is 0.167. The van der Waals surface area contributed by atoms with Gasteiger partial charge in [0.25, 0.3) is 0 Å². The summed E-state index contributed by atoms with van der Waals surface area (Å²) in [6.45, 7) is -0.694. The van der Waals surface area contributed by atoms with Crippen LogP contribution >= 0.6 is 0 Å². The topological polar surface area (TPSA) is 288 Å². The van der Waals surface area contributed by atoms with Crippen molar-refractivity contribution in [3.63, 3.8) is 0 Å². The van der Waals surface area contributed by atoms with Crippen LogP contribution in [-0.4, -0.2) is 135 Å². The summed E-state index contributed by atoms with van der Waals surface area (Å²) in [7, 11) is 0. The molecule has 0 aromatic heterocycles. The fraction of sp³-hybridized carbons (Fsp3) is 1.00. The summed E-state index contributed by atoms with van der Waals surface area (Å²) in [5.74, 6) is 0. The Balaban J connectivity index is 1.72. The van der Waals surface area contributed by atoms with E-state index in [4.69, 9.17) is 47.6 Å². The highest BCUT2D eigenvalue weighted by Gasteiger charge is 2.51. The van der Waals surface area contributed by atoms with Crippen molar-refractivity contribution in [2.75, 3.05) is 13.2 Å². The van der Waals surface area contributed by atoms with Crippen molar-refractivity contribution in [1.82, 2.24) is 0 Å². The van der Waals surface area contributed by atoms with Crippen molar-refractivity contribution < 1.29 is 49.6 Å². The monoisotopic (exact) mass is 483 g/mol. The molecule has 1 aliphatic carbocycles. The van der Waals surface area contributed by atoms with Gasteiger partial charge in [-0.2, -0.15) is 0 Å². The molecule has 15 atom stereocenters. The van der Waals surface area contributed by atoms with E-state index in [0.717, 1.165) is 0 Å². The molecule has 2 saturated heterocycles. The zero-order valence-corrected chi connectivity index (χ0v) is 18.0. The molecule has 0 unspecified atom stereocenters. The molecule has 33 heavy (non-hydrogen) atoms. The van der Waals surface area contributed by atoms with Gasteiger partial charge in [-0.05, 0) is 6.42 Å². The van der Waals surface area contributed by atoms with Gasteiger partial charge in [0.15, 0.2) is 12.6 Å². The second kappa shape index (κ2) is 11.0. The molecule has 15 heteroatoms. The standard InChI is InChI=1S/C18H37N5O10/c19-2-6-11(26)12(27)9(23)17(30-6)32-15-4(20)1-5(21)16(14(15)29)33-18-13(28)8(22)10(25)7(3-24)31-18/h4-18,24-29H,1-3,19-23H2/t4-,5+,6-,7-,8+,9-,10-,11-,12-,13-,14-,15+,16-,17-,18-/m1/s1. The van der Waals surface area contributed by atoms with Crippen LogP contribution in [0.25, 0.3) is 0 Å². The van der Waals surface area contributed by atoms with Gasteiger partial charge in [0.2, 0.25) is 0 Å². The van der Waals surface area contributed by atoms with Crippen molar-refractivity contribution >= 4 is 0 Å². The highest BCUT2D eigenvalue weighted by atomic mass is 16.7. The Morgan fingerprint density at radius 1 is 0.667 bits per heavy atom. The summed E-state index contributed by atoms with van der Waals surface area (Å²) in [5.41, 5.74) is 29.6. The molecule has 0 radical (unpaired) electrons. The third-order valence-corrected chi connectivity index (χ3v) is 6.56. The molecule has 3 fully saturated rings. The van der Waals surface area contributed by atoms with Gasteiger partial charge in [-0.3, -0.25) is 0 Å². The second-order valence-corrected chi connectivity index (χ2v) is 8.88. The number of ether oxygens (including phenoxy) is 4. The summed E-state index contributed by atoms with van der Waals surface area (Å²) in [4.78, 5) is 0. The number of rotatable bonds is 6. The van der Waals surface area contributed by atoms with E-state index in [1.165, 1.54) is 0 Å². The minimum Gasteiger partial charge on any atom is -0.394 e. The maximum atomic E-state index is 11.0. The third-order valence-electron chi connectivity index (χ3n) is 6.56. The van der Waals surface area contributed by atoms with Crippen LogP contribution < -0.4 is 28.7 Å². The first-order chi connectivity index (χ1) is 15.5. The van der Waals surface area contributed by atoms with Crippen molar-refractivity contribution in [1.29, 1.82) is 0 Å². The lowest BCUT2D eigenvalue weighted by Gasteiger charge is -2.48. The van der Waals surface area contributed by atoms with Crippen molar-refractivity contribution in [2.45, 2.75) is 98.1 Å². The van der Waals surface area contributed by atoms with E-state index in [9.17, 15) is 30.6 Å². The van der Waals surface area contributed by atoms with Gasteiger partial charge in [-0.25, -0.2) is 0 Å². The highest BCUT2D eigenvalue weighted by molar-refractivity contribution is 5.01. The Labute approximate surface area is 190 Å². The molecule has 1 saturated carbocycles. The fourth-order valence-corrected chi connectivity index (χ4v) is 4.45. The van der Waals surface area contributed by atoms with Crippen LogP contribution in [0.5, 0.6) is 0 Å². The maximum absolute atomic E-state index is 11.0. The average molecular weight is 484 g/mol. The molecular formula is C18H37N5O10. The van der Waals surface area contributed by atoms with E-state index in [-0.39, 0.29) is 13.0 Å². The first kappa shape index (κ1) is 27.0. The summed E-state index contributed by atoms with van der Waals surface area (Å²) in [6.07, 6.45) is -13.9. The summed E-state index contributed by atoms with van der Waals surface area (Å²) in [5, 5.41) is 60.9. The maximum Gasteiger partial charge on any atom is 0.186 e. The van der Waals surface area contributed by atoms with Crippen LogP contribution in [0.1, 0.15) is 6.42 Å². The molecule has 3 aliphatic rings. The summed E-state index contributed by atoms with van der Waals surface area (Å²) in [6, 6.07) is -3.92. The van der Waals surface area contributed by atoms with Crippen LogP contribution in [0, 0.1) is 0 Å². The van der Waals surface area contributed by atoms with Gasteiger partial charge in [0.05, 0.1) is 18.7 Å². The van der Waals surface area contributed by atoms with Crippen LogP contribution in [-0.2, 0) is 18.9 Å². The van der Waals surface area contributed by atoms with E-state index in [0.29, 0.717) is 0 Å². The Morgan fingerprint density at radius 3 is 1.76 bits per heavy atom.